The Bertz CT molecular complexity index is 2020. The number of nitrogens with one attached hydrogen (secondary N) is 2. The van der Waals surface area contributed by atoms with Crippen LogP contribution in [0.1, 0.15) is 401 Å². The number of unbranched alkanes of at least 4 members (excludes halogenated alkanes) is 44. The van der Waals surface area contributed by atoms with Gasteiger partial charge >= 0.3 is 30.0 Å². The summed E-state index contributed by atoms with van der Waals surface area (Å²) in [5.74, 6) is -1.23. The molecule has 4 N–H and O–H groups in total. The first-order valence-electron chi connectivity index (χ1n) is 43.5. The molecular weight excluding hydrogens is 1320 g/mol. The fraction of sp³-hybridized carbons (Fsp3) is 0.841. The van der Waals surface area contributed by atoms with Crippen LogP contribution in [0.3, 0.4) is 0 Å². The summed E-state index contributed by atoms with van der Waals surface area (Å²) in [6, 6.07) is 0. The summed E-state index contributed by atoms with van der Waals surface area (Å²) >= 11 is 5.36. The molecule has 2 atom stereocenters. The van der Waals surface area contributed by atoms with E-state index in [1.165, 1.54) is 218 Å². The van der Waals surface area contributed by atoms with Gasteiger partial charge in [-0.2, -0.15) is 0 Å². The number of likely N-dealkylation sites (N-methyl/N-ethyl adjacent to an activating group) is 1. The minimum atomic E-state index is -0.840. The highest BCUT2D eigenvalue weighted by Crippen LogP contribution is 2.17. The van der Waals surface area contributed by atoms with Crippen LogP contribution in [0.5, 0.6) is 0 Å². The zero-order valence-corrected chi connectivity index (χ0v) is 69.2. The van der Waals surface area contributed by atoms with Gasteiger partial charge in [-0.1, -0.05) is 296 Å². The molecule has 0 bridgehead atoms. The highest BCUT2D eigenvalue weighted by molar-refractivity contribution is 7.80. The van der Waals surface area contributed by atoms with Crippen molar-refractivity contribution >= 4 is 47.4 Å². The summed E-state index contributed by atoms with van der Waals surface area (Å²) in [5.41, 5.74) is 5.42. The number of esters is 4. The van der Waals surface area contributed by atoms with Gasteiger partial charge in [0.1, 0.15) is 26.4 Å². The molecule has 0 aromatic heterocycles. The molecule has 0 radical (unpaired) electrons. The third-order valence-corrected chi connectivity index (χ3v) is 19.1. The van der Waals surface area contributed by atoms with Crippen molar-refractivity contribution in [1.29, 1.82) is 0 Å². The second-order valence-corrected chi connectivity index (χ2v) is 29.2. The first kappa shape index (κ1) is 102. The molecule has 0 aliphatic carbocycles. The molecule has 0 rings (SSSR count). The fourth-order valence-corrected chi connectivity index (χ4v) is 12.2. The zero-order valence-electron chi connectivity index (χ0n) is 68.4. The van der Waals surface area contributed by atoms with Gasteiger partial charge in [-0.25, -0.2) is 4.79 Å². The van der Waals surface area contributed by atoms with E-state index in [0.717, 1.165) is 135 Å². The summed E-state index contributed by atoms with van der Waals surface area (Å²) in [7, 11) is 0. The van der Waals surface area contributed by atoms with Crippen LogP contribution < -0.4 is 16.4 Å². The van der Waals surface area contributed by atoms with E-state index in [9.17, 15) is 24.0 Å². The van der Waals surface area contributed by atoms with Gasteiger partial charge in [-0.15, -0.1) is 0 Å². The molecule has 0 saturated carbocycles. The third-order valence-electron chi connectivity index (χ3n) is 18.8. The van der Waals surface area contributed by atoms with Crippen molar-refractivity contribution in [2.75, 3.05) is 65.7 Å². The molecular formula is C88H164N4O11S. The molecule has 104 heavy (non-hydrogen) atoms. The monoisotopic (exact) mass is 1490 g/mol. The Morgan fingerprint density at radius 2 is 0.567 bits per heavy atom. The van der Waals surface area contributed by atoms with Crippen LogP contribution in [-0.4, -0.2) is 118 Å². The molecule has 16 heteroatoms. The molecule has 1 amide bonds. The number of ether oxygens (including phenoxy) is 6. The number of nitrogens with zero attached hydrogens (tertiary/aromatic N) is 1. The van der Waals surface area contributed by atoms with Crippen LogP contribution in [0.15, 0.2) is 48.6 Å². The maximum Gasteiger partial charge on any atom is 0.407 e. The number of alkyl carbamates (subject to hydrolysis) is 1. The smallest absolute Gasteiger partial charge is 0.407 e. The number of amides is 1. The van der Waals surface area contributed by atoms with Crippen LogP contribution in [0.25, 0.3) is 0 Å². The second kappa shape index (κ2) is 86.0. The van der Waals surface area contributed by atoms with E-state index in [2.05, 4.69) is 106 Å². The first-order chi connectivity index (χ1) is 51.0. The predicted molar refractivity (Wildman–Crippen MR) is 442 cm³/mol. The summed E-state index contributed by atoms with van der Waals surface area (Å²) in [6.07, 6.45) is 80.3. The Kier molecular flexibility index (Phi) is 84.1. The van der Waals surface area contributed by atoms with Gasteiger partial charge < -0.3 is 49.7 Å². The Balaban J connectivity index is 0. The molecule has 0 aromatic carbocycles. The van der Waals surface area contributed by atoms with Gasteiger partial charge in [-0.3, -0.25) is 19.2 Å². The maximum atomic E-state index is 12.7. The van der Waals surface area contributed by atoms with Gasteiger partial charge in [-0.05, 0) is 154 Å². The van der Waals surface area contributed by atoms with Crippen molar-refractivity contribution in [1.82, 2.24) is 15.5 Å². The Labute approximate surface area is 645 Å². The quantitative estimate of drug-likeness (QED) is 0.0171. The zero-order chi connectivity index (χ0) is 76.2. The number of carbonyl (C=O) groups is 5. The Hall–Kier alpha value is -4.28. The average molecular weight is 1490 g/mol. The molecule has 0 heterocycles. The highest BCUT2D eigenvalue weighted by atomic mass is 32.1. The molecule has 0 saturated heterocycles. The van der Waals surface area contributed by atoms with Gasteiger partial charge in [0.2, 0.25) is 0 Å². The number of carbonyl (C=O) groups excluding carboxylic acids is 5. The number of hydrogen-bond donors (Lipinski definition) is 3. The van der Waals surface area contributed by atoms with Gasteiger partial charge in [0.15, 0.2) is 12.2 Å². The van der Waals surface area contributed by atoms with E-state index in [1.54, 1.807) is 0 Å². The Morgan fingerprint density at radius 1 is 0.317 bits per heavy atom. The predicted octanol–water partition coefficient (Wildman–Crippen LogP) is 24.0. The van der Waals surface area contributed by atoms with Crippen molar-refractivity contribution in [3.05, 3.63) is 48.6 Å². The van der Waals surface area contributed by atoms with E-state index < -0.39 is 18.3 Å². The van der Waals surface area contributed by atoms with Crippen LogP contribution in [0, 0.1) is 0 Å². The largest absolute Gasteiger partial charge is 0.467 e. The van der Waals surface area contributed by atoms with Gasteiger partial charge in [0.05, 0.1) is 0 Å². The molecule has 0 spiro atoms. The molecule has 0 aliphatic rings. The van der Waals surface area contributed by atoms with Crippen LogP contribution in [-0.2, 0) is 47.6 Å². The van der Waals surface area contributed by atoms with Crippen molar-refractivity contribution in [3.8, 4) is 0 Å². The summed E-state index contributed by atoms with van der Waals surface area (Å²) in [6.45, 7) is 17.1. The maximum absolute atomic E-state index is 12.7. The van der Waals surface area contributed by atoms with Crippen molar-refractivity contribution < 1.29 is 52.4 Å². The van der Waals surface area contributed by atoms with Crippen LogP contribution in [0.4, 0.5) is 4.79 Å². The number of hydrogen-bond acceptors (Lipinski definition) is 14. The number of thiocarbonyl (C=S) groups is 1. The average Bonchev–Trinajstić information content (AvgIpc) is 1.02. The second-order valence-electron chi connectivity index (χ2n) is 28.8. The lowest BCUT2D eigenvalue weighted by molar-refractivity contribution is -0.161. The van der Waals surface area contributed by atoms with E-state index in [4.69, 9.17) is 46.4 Å². The summed E-state index contributed by atoms with van der Waals surface area (Å²) < 4.78 is 33.1. The number of rotatable bonds is 77. The van der Waals surface area contributed by atoms with E-state index >= 15 is 0 Å². The molecule has 0 aliphatic heterocycles. The minimum Gasteiger partial charge on any atom is -0.467 e. The van der Waals surface area contributed by atoms with Crippen molar-refractivity contribution in [2.45, 2.75) is 413 Å². The minimum absolute atomic E-state index is 0.0237. The SMILES string of the molecule is CCCCCCCCC=CCCCCCCCC(=O)OCC(COC(=O)NCCN)OC(=O)CCCCCCCC=CCCCCCCCC.CCCCCCCCC=CCCCCCCCC(=O)OCC(COC(=S)NCCN(CC)CC)OC(=O)CCCCCCCC=CCCCCCCCC. The van der Waals surface area contributed by atoms with Gasteiger partial charge in [0.25, 0.3) is 5.17 Å². The normalized spacial score (nSPS) is 12.1. The summed E-state index contributed by atoms with van der Waals surface area (Å²) in [5, 5.41) is 5.90. The van der Waals surface area contributed by atoms with E-state index in [0.29, 0.717) is 25.8 Å². The molecule has 0 fully saturated rings. The topological polar surface area (TPSA) is 194 Å². The number of allylic oxidation sites excluding steroid dienone is 8. The lowest BCUT2D eigenvalue weighted by atomic mass is 10.1. The van der Waals surface area contributed by atoms with Crippen molar-refractivity contribution in [2.24, 2.45) is 5.73 Å². The molecule has 15 nitrogen and oxygen atoms in total. The standard InChI is InChI=1S/C46H86N2O5S.C42H78N2O6/c1-5-9-11-13-15-17-19-21-23-25-27-29-31-33-35-37-44(49)51-41-43(42-52-46(54)47-39-40-48(7-3)8-4)53-45(50)38-36-34-32-30-28-26-24-22-20-18-16-14-12-10-6-2;1-3-5-7-9-11-13-15-17-19-21-23-25-27-29-31-33-40(45)48-37-39(38-49-42(47)44-36-35-43)50-41(46)34-32-30-28-26-24-22-20-18-16-14-12-10-8-6-4-2/h21-24,43H,5-20,25-42H2,1-4H3,(H,47,54);17-20,39H,3-16,21-38,43H2,1-2H3,(H,44,47). The fourth-order valence-electron chi connectivity index (χ4n) is 12.1. The molecule has 608 valence electrons. The van der Waals surface area contributed by atoms with E-state index in [-0.39, 0.29) is 75.0 Å². The summed E-state index contributed by atoms with van der Waals surface area (Å²) in [4.78, 5) is 64.3. The Morgan fingerprint density at radius 3 is 0.846 bits per heavy atom. The lowest BCUT2D eigenvalue weighted by Gasteiger charge is -2.21. The molecule has 2 unspecified atom stereocenters. The van der Waals surface area contributed by atoms with Gasteiger partial charge in [0, 0.05) is 51.9 Å². The lowest BCUT2D eigenvalue weighted by Crippen LogP contribution is -2.37. The highest BCUT2D eigenvalue weighted by Gasteiger charge is 2.21. The number of nitrogens with two attached hydrogens (primary N) is 1. The molecule has 0 aromatic rings. The van der Waals surface area contributed by atoms with E-state index in [1.807, 2.05) is 0 Å². The van der Waals surface area contributed by atoms with Crippen molar-refractivity contribution in [3.63, 3.8) is 0 Å². The first-order valence-corrected chi connectivity index (χ1v) is 43.9. The third kappa shape index (κ3) is 81.8. The van der Waals surface area contributed by atoms with Crippen LogP contribution in [0.2, 0.25) is 0 Å². The van der Waals surface area contributed by atoms with Crippen LogP contribution >= 0.6 is 12.2 Å².